The third-order valence-corrected chi connectivity index (χ3v) is 21.9. The second-order valence-electron chi connectivity index (χ2n) is 26.6. The number of aryl methyl sites for hydroxylation is 1. The molecule has 0 atom stereocenters. The van der Waals surface area contributed by atoms with Crippen molar-refractivity contribution in [3.63, 3.8) is 0 Å². The van der Waals surface area contributed by atoms with Gasteiger partial charge in [-0.2, -0.15) is 13.2 Å². The van der Waals surface area contributed by atoms with Gasteiger partial charge in [0.1, 0.15) is 0 Å². The molecule has 4 aliphatic rings. The van der Waals surface area contributed by atoms with Gasteiger partial charge in [0.05, 0.1) is 22.6 Å². The number of hydrogen-bond acceptors (Lipinski definition) is 6. The van der Waals surface area contributed by atoms with E-state index >= 15 is 13.2 Å². The Morgan fingerprint density at radius 2 is 0.689 bits per heavy atom. The number of anilines is 15. The molecular weight excluding hydrogens is 1290 g/mol. The van der Waals surface area contributed by atoms with E-state index in [1.807, 2.05) is 115 Å². The van der Waals surface area contributed by atoms with Crippen molar-refractivity contribution in [2.45, 2.75) is 22.9 Å². The van der Waals surface area contributed by atoms with E-state index < -0.39 is 25.2 Å². The molecule has 5 nitrogen and oxygen atoms in total. The van der Waals surface area contributed by atoms with Crippen molar-refractivity contribution in [2.75, 3.05) is 24.5 Å². The summed E-state index contributed by atoms with van der Waals surface area (Å²) in [6.45, 7) is 0.701. The van der Waals surface area contributed by atoms with Crippen molar-refractivity contribution in [1.82, 2.24) is 0 Å². The highest BCUT2D eigenvalue weighted by atomic mass is 32.2. The standard InChI is InChI=1S/C92H62B2F3N5S/c1-61-28-27-43-75(66-33-13-4-14-34-66)89(61)102-83-57-73(98(67-35-15-5-16-36-67)68-37-17-6-18-38-68)56-82-87(83)93(76-44-23-25-46-80(76)100(82)69-39-19-7-20-40-69)78-60-79-91(86(90(78)102)92(95,96)97)103-85-59-74(58-84-88(85)94(79)77-45-24-26-47-81(77)101(84)70-41-21-8-22-42-70)99(71-52-48-64(49-53-71)62-29-9-2-10-30-62)72-54-50-65(51-55-72)63-31-11-3-12-32-63/h2-60H,1H3. The van der Waals surface area contributed by atoms with Gasteiger partial charge in [-0.25, -0.2) is 0 Å². The van der Waals surface area contributed by atoms with Crippen LogP contribution in [0.1, 0.15) is 11.1 Å². The van der Waals surface area contributed by atoms with Crippen LogP contribution < -0.4 is 57.3 Å². The Balaban J connectivity index is 0.923. The quantitative estimate of drug-likeness (QED) is 0.113. The van der Waals surface area contributed by atoms with Crippen LogP contribution in [0.25, 0.3) is 33.4 Å². The normalized spacial score (nSPS) is 12.9. The summed E-state index contributed by atoms with van der Waals surface area (Å²) < 4.78 is 56.0. The first kappa shape index (κ1) is 61.6. The summed E-state index contributed by atoms with van der Waals surface area (Å²) in [6, 6.07) is 123. The van der Waals surface area contributed by atoms with E-state index in [0.717, 1.165) is 134 Å². The third-order valence-electron chi connectivity index (χ3n) is 20.7. The van der Waals surface area contributed by atoms with Gasteiger partial charge in [0.15, 0.2) is 0 Å². The summed E-state index contributed by atoms with van der Waals surface area (Å²) >= 11 is 1.25. The van der Waals surface area contributed by atoms with Crippen LogP contribution in [0.3, 0.4) is 0 Å². The molecule has 19 rings (SSSR count). The maximum atomic E-state index is 18.7. The van der Waals surface area contributed by atoms with Gasteiger partial charge in [0, 0.05) is 83.6 Å². The van der Waals surface area contributed by atoms with E-state index in [1.165, 1.54) is 11.8 Å². The molecule has 4 aliphatic heterocycles. The molecule has 0 aliphatic carbocycles. The van der Waals surface area contributed by atoms with E-state index in [-0.39, 0.29) is 10.6 Å². The summed E-state index contributed by atoms with van der Waals surface area (Å²) in [5.74, 6) is 0. The second kappa shape index (κ2) is 25.0. The van der Waals surface area contributed by atoms with Crippen molar-refractivity contribution in [3.8, 4) is 33.4 Å². The monoisotopic (exact) mass is 1350 g/mol. The third kappa shape index (κ3) is 10.4. The highest BCUT2D eigenvalue weighted by molar-refractivity contribution is 8.00. The molecule has 0 bridgehead atoms. The number of halogens is 3. The van der Waals surface area contributed by atoms with Gasteiger partial charge in [-0.1, -0.05) is 266 Å². The first-order valence-corrected chi connectivity index (χ1v) is 35.7. The SMILES string of the molecule is Cc1cccc(-c2ccccc2)c1N1c2cc(N(c3ccccc3)c3ccccc3)cc3c2B(c2ccccc2N3c2ccccc2)c2cc3c(c(C(F)(F)F)c21)Sc1cc(N(c2ccc(-c4ccccc4)cc2)c2ccc(-c4ccccc4)cc2)cc2c1B3c1ccccc1N2c1ccccc1. The number of hydrogen-bond donors (Lipinski definition) is 0. The first-order valence-electron chi connectivity index (χ1n) is 34.9. The van der Waals surface area contributed by atoms with Crippen LogP contribution in [0.5, 0.6) is 0 Å². The van der Waals surface area contributed by atoms with E-state index in [0.29, 0.717) is 22.3 Å². The Morgan fingerprint density at radius 3 is 1.17 bits per heavy atom. The van der Waals surface area contributed by atoms with Gasteiger partial charge in [-0.3, -0.25) is 0 Å². The predicted octanol–water partition coefficient (Wildman–Crippen LogP) is 21.8. The zero-order valence-corrected chi connectivity index (χ0v) is 56.8. The molecule has 103 heavy (non-hydrogen) atoms. The molecule has 0 saturated heterocycles. The minimum atomic E-state index is -4.94. The molecule has 0 aromatic heterocycles. The summed E-state index contributed by atoms with van der Waals surface area (Å²) in [4.78, 5) is 12.1. The molecule has 0 amide bonds. The van der Waals surface area contributed by atoms with Crippen LogP contribution in [-0.2, 0) is 6.18 Å². The van der Waals surface area contributed by atoms with Gasteiger partial charge in [-0.15, -0.1) is 0 Å². The van der Waals surface area contributed by atoms with Crippen molar-refractivity contribution >= 4 is 143 Å². The molecule has 0 radical (unpaired) electrons. The van der Waals surface area contributed by atoms with Crippen LogP contribution in [0.2, 0.25) is 0 Å². The maximum absolute atomic E-state index is 18.7. The molecule has 0 unspecified atom stereocenters. The van der Waals surface area contributed by atoms with Crippen molar-refractivity contribution in [2.24, 2.45) is 0 Å². The molecule has 15 aromatic carbocycles. The van der Waals surface area contributed by atoms with Crippen molar-refractivity contribution < 1.29 is 13.2 Å². The molecular formula is C92H62B2F3N5S. The average molecular weight is 1350 g/mol. The summed E-state index contributed by atoms with van der Waals surface area (Å²) in [5.41, 5.74) is 22.9. The van der Waals surface area contributed by atoms with E-state index in [4.69, 9.17) is 0 Å². The Hall–Kier alpha value is -12.4. The summed E-state index contributed by atoms with van der Waals surface area (Å²) in [5, 5.41) is 0. The Bertz CT molecular complexity index is 5620. The minimum absolute atomic E-state index is 0.105. The van der Waals surface area contributed by atoms with Gasteiger partial charge in [0.2, 0.25) is 6.71 Å². The molecule has 488 valence electrons. The molecule has 11 heteroatoms. The molecule has 4 heterocycles. The molecule has 0 N–H and O–H groups in total. The number of rotatable bonds is 12. The van der Waals surface area contributed by atoms with Crippen LogP contribution in [-0.4, -0.2) is 13.4 Å². The van der Waals surface area contributed by atoms with Gasteiger partial charge >= 0.3 is 6.18 Å². The van der Waals surface area contributed by atoms with E-state index in [2.05, 4.69) is 274 Å². The molecule has 0 spiro atoms. The average Bonchev–Trinajstić information content (AvgIpc) is 0.679. The first-order chi connectivity index (χ1) is 50.7. The molecule has 0 saturated carbocycles. The number of alkyl halides is 3. The fourth-order valence-corrected chi connectivity index (χ4v) is 17.8. The maximum Gasteiger partial charge on any atom is 0.419 e. The highest BCUT2D eigenvalue weighted by Gasteiger charge is 2.53. The van der Waals surface area contributed by atoms with Crippen LogP contribution in [0.15, 0.2) is 368 Å². The molecule has 15 aromatic rings. The molecule has 0 fully saturated rings. The number of para-hydroxylation sites is 7. The van der Waals surface area contributed by atoms with Gasteiger partial charge in [-0.05, 0) is 177 Å². The van der Waals surface area contributed by atoms with E-state index in [9.17, 15) is 0 Å². The summed E-state index contributed by atoms with van der Waals surface area (Å²) in [7, 11) is 0. The second-order valence-corrected chi connectivity index (χ2v) is 27.7. The van der Waals surface area contributed by atoms with Crippen LogP contribution in [0.4, 0.5) is 98.5 Å². The van der Waals surface area contributed by atoms with Crippen molar-refractivity contribution in [1.29, 1.82) is 0 Å². The Labute approximate surface area is 602 Å². The zero-order valence-electron chi connectivity index (χ0n) is 56.0. The zero-order chi connectivity index (χ0) is 68.9. The lowest BCUT2D eigenvalue weighted by molar-refractivity contribution is -0.139. The topological polar surface area (TPSA) is 16.2 Å². The summed E-state index contributed by atoms with van der Waals surface area (Å²) in [6.07, 6.45) is -4.94. The number of fused-ring (bicyclic) bond motifs is 8. The lowest BCUT2D eigenvalue weighted by atomic mass is 9.30. The van der Waals surface area contributed by atoms with Crippen molar-refractivity contribution in [3.05, 3.63) is 369 Å². The lowest BCUT2D eigenvalue weighted by Gasteiger charge is -2.47. The number of nitrogens with zero attached hydrogens (tertiary/aromatic N) is 5. The fraction of sp³-hybridized carbons (Fsp3) is 0.0217. The smallest absolute Gasteiger partial charge is 0.311 e. The fourth-order valence-electron chi connectivity index (χ4n) is 16.4. The van der Waals surface area contributed by atoms with Gasteiger partial charge in [0.25, 0.3) is 6.71 Å². The predicted molar refractivity (Wildman–Crippen MR) is 426 cm³/mol. The van der Waals surface area contributed by atoms with Gasteiger partial charge < -0.3 is 24.5 Å². The largest absolute Gasteiger partial charge is 0.419 e. The lowest BCUT2D eigenvalue weighted by Crippen LogP contribution is -2.65. The van der Waals surface area contributed by atoms with Crippen LogP contribution in [0, 0.1) is 6.92 Å². The Kier molecular flexibility index (Phi) is 15.0. The van der Waals surface area contributed by atoms with E-state index in [1.54, 1.807) is 0 Å². The minimum Gasteiger partial charge on any atom is -0.311 e. The Morgan fingerprint density at radius 1 is 0.301 bits per heavy atom. The highest BCUT2D eigenvalue weighted by Crippen LogP contribution is 2.57. The van der Waals surface area contributed by atoms with Crippen LogP contribution >= 0.6 is 11.8 Å². The number of benzene rings is 15.